The van der Waals surface area contributed by atoms with E-state index in [2.05, 4.69) is 27.7 Å². The van der Waals surface area contributed by atoms with Crippen LogP contribution in [0.2, 0.25) is 0 Å². The Morgan fingerprint density at radius 3 is 0.833 bits per heavy atom. The van der Waals surface area contributed by atoms with Gasteiger partial charge in [0.2, 0.25) is 0 Å². The molecule has 0 saturated carbocycles. The van der Waals surface area contributed by atoms with E-state index in [1.807, 2.05) is 0 Å². The van der Waals surface area contributed by atoms with Gasteiger partial charge in [0.05, 0.1) is 0 Å². The largest absolute Gasteiger partial charge is 0.343 e. The summed E-state index contributed by atoms with van der Waals surface area (Å²) in [5.41, 5.74) is 0. The smallest absolute Gasteiger partial charge is 0 e. The zero-order chi connectivity index (χ0) is 9.66. The molecule has 0 atom stereocenters. The summed E-state index contributed by atoms with van der Waals surface area (Å²) in [7, 11) is 0. The molecule has 167 valence electrons. The third-order valence-electron chi connectivity index (χ3n) is 1.71. The molecule has 0 N–H and O–H groups in total. The number of rotatable bonds is 6. The van der Waals surface area contributed by atoms with Crippen molar-refractivity contribution in [2.75, 3.05) is 0 Å². The van der Waals surface area contributed by atoms with E-state index < -0.39 is 0 Å². The predicted molar refractivity (Wildman–Crippen MR) is 133 cm³/mol. The van der Waals surface area contributed by atoms with Gasteiger partial charge in [-0.15, -0.1) is 0 Å². The van der Waals surface area contributed by atoms with Crippen LogP contribution in [0.4, 0.5) is 0 Å². The van der Waals surface area contributed by atoms with Crippen molar-refractivity contribution < 1.29 is 32.7 Å². The minimum atomic E-state index is 0. The van der Waals surface area contributed by atoms with Gasteiger partial charge in [-0.25, -0.2) is 0 Å². The Balaban J connectivity index is -0.00000000490. The van der Waals surface area contributed by atoms with Crippen LogP contribution < -0.4 is 0 Å². The van der Waals surface area contributed by atoms with Crippen molar-refractivity contribution >= 4 is 0 Å². The Bertz CT molecular complexity index is 46.0. The van der Waals surface area contributed by atoms with Crippen LogP contribution in [-0.2, 0) is 32.7 Å². The number of hydrogen-bond acceptors (Lipinski definition) is 0. The zero-order valence-corrected chi connectivity index (χ0v) is 12.5. The minimum absolute atomic E-state index is 0. The average Bonchev–Trinajstić information content (AvgIpc) is 2.13. The van der Waals surface area contributed by atoms with Crippen molar-refractivity contribution in [1.29, 1.82) is 0 Å². The van der Waals surface area contributed by atoms with Crippen LogP contribution in [0.15, 0.2) is 0 Å². The Hall–Kier alpha value is 1.10. The molecule has 0 aliphatic carbocycles. The van der Waals surface area contributed by atoms with Gasteiger partial charge in [-0.3, -0.25) is 0 Å². The van der Waals surface area contributed by atoms with Crippen LogP contribution >= 0.6 is 0 Å². The average molecular weight is 436 g/mol. The maximum absolute atomic E-state index is 3.78. The molecule has 0 aliphatic heterocycles. The van der Waals surface area contributed by atoms with E-state index in [4.69, 9.17) is 0 Å². The van der Waals surface area contributed by atoms with Gasteiger partial charge in [0, 0.05) is 32.7 Å². The van der Waals surface area contributed by atoms with E-state index >= 15 is 0 Å². The molecule has 0 spiro atoms. The fourth-order valence-electron chi connectivity index (χ4n) is 0.780. The first-order chi connectivity index (χ1) is 5.83. The first-order valence-electron chi connectivity index (χ1n) is 5.41. The van der Waals surface area contributed by atoms with E-state index in [-0.39, 0.29) is 114 Å². The van der Waals surface area contributed by atoms with Gasteiger partial charge in [0.1, 0.15) is 0 Å². The minimum Gasteiger partial charge on any atom is -0.343 e. The molecule has 0 bridgehead atoms. The van der Waals surface area contributed by atoms with Gasteiger partial charge in [0.25, 0.3) is 0 Å². The topological polar surface area (TPSA) is 0 Å². The van der Waals surface area contributed by atoms with E-state index in [1.165, 1.54) is 38.5 Å². The van der Waals surface area contributed by atoms with Crippen LogP contribution in [0.1, 0.15) is 147 Å². The molecule has 0 saturated heterocycles. The Morgan fingerprint density at radius 1 is 0.417 bits per heavy atom. The zero-order valence-electron chi connectivity index (χ0n) is 9.65. The molecule has 0 heterocycles. The van der Waals surface area contributed by atoms with Crippen molar-refractivity contribution in [3.8, 4) is 0 Å². The number of unbranched alkanes of at least 4 members (excludes halogenated alkanes) is 6. The molecule has 1 heteroatoms. The van der Waals surface area contributed by atoms with E-state index in [0.29, 0.717) is 0 Å². The standard InChI is InChI=1S/C8H17.C4H9.11CH4.Y/c1-3-5-7-8-6-4-2;1-3-4-2;;;;;;;;;;;;/h1,3-8H2,2H3;1,3-4H2,2H3;11*1H4;/q2*-1;;;;;;;;;;;;. The van der Waals surface area contributed by atoms with Crippen molar-refractivity contribution in [3.63, 3.8) is 0 Å². The van der Waals surface area contributed by atoms with E-state index in [9.17, 15) is 0 Å². The fraction of sp³-hybridized carbons (Fsp3) is 0.913. The second-order valence-corrected chi connectivity index (χ2v) is 3.12. The molecule has 0 amide bonds. The summed E-state index contributed by atoms with van der Waals surface area (Å²) in [4.78, 5) is 0. The van der Waals surface area contributed by atoms with Crippen LogP contribution in [0.5, 0.6) is 0 Å². The Kier molecular flexibility index (Phi) is 765. The molecule has 0 aliphatic rings. The molecule has 24 heavy (non-hydrogen) atoms. The van der Waals surface area contributed by atoms with Crippen LogP contribution in [0.3, 0.4) is 0 Å². The van der Waals surface area contributed by atoms with E-state index in [0.717, 1.165) is 12.8 Å². The monoisotopic (exact) mass is 435 g/mol. The van der Waals surface area contributed by atoms with Crippen LogP contribution in [-0.4, -0.2) is 0 Å². The van der Waals surface area contributed by atoms with Crippen molar-refractivity contribution in [2.24, 2.45) is 0 Å². The summed E-state index contributed by atoms with van der Waals surface area (Å²) in [6.45, 7) is 11.7. The second kappa shape index (κ2) is 155. The summed E-state index contributed by atoms with van der Waals surface area (Å²) in [6.07, 6.45) is 10.3. The molecular weight excluding hydrogens is 365 g/mol. The molecule has 1 radical (unpaired) electrons. The van der Waals surface area contributed by atoms with Crippen molar-refractivity contribution in [2.45, 2.75) is 147 Å². The van der Waals surface area contributed by atoms with Gasteiger partial charge in [-0.1, -0.05) is 134 Å². The van der Waals surface area contributed by atoms with Gasteiger partial charge in [-0.2, -0.15) is 12.8 Å². The maximum atomic E-state index is 3.78. The van der Waals surface area contributed by atoms with Crippen molar-refractivity contribution in [3.05, 3.63) is 13.8 Å². The van der Waals surface area contributed by atoms with Crippen molar-refractivity contribution in [1.82, 2.24) is 0 Å². The molecule has 0 fully saturated rings. The summed E-state index contributed by atoms with van der Waals surface area (Å²) < 4.78 is 0. The van der Waals surface area contributed by atoms with Gasteiger partial charge >= 0.3 is 0 Å². The Morgan fingerprint density at radius 2 is 0.667 bits per heavy atom. The summed E-state index contributed by atoms with van der Waals surface area (Å²) in [6, 6.07) is 0. The van der Waals surface area contributed by atoms with E-state index in [1.54, 1.807) is 0 Å². The molecule has 0 unspecified atom stereocenters. The molecule has 0 aromatic rings. The molecule has 0 aromatic carbocycles. The fourth-order valence-corrected chi connectivity index (χ4v) is 0.780. The number of hydrogen-bond donors (Lipinski definition) is 0. The van der Waals surface area contributed by atoms with Gasteiger partial charge in [-0.05, 0) is 0 Å². The van der Waals surface area contributed by atoms with Gasteiger partial charge in [0.15, 0.2) is 0 Å². The summed E-state index contributed by atoms with van der Waals surface area (Å²) in [5, 5.41) is 0. The molecule has 0 nitrogen and oxygen atoms in total. The first-order valence-corrected chi connectivity index (χ1v) is 5.41. The predicted octanol–water partition coefficient (Wildman–Crippen LogP) is 11.8. The summed E-state index contributed by atoms with van der Waals surface area (Å²) >= 11 is 0. The van der Waals surface area contributed by atoms with Crippen LogP contribution in [0.25, 0.3) is 0 Å². The Labute approximate surface area is 192 Å². The normalized spacial score (nSPS) is 4.50. The quantitative estimate of drug-likeness (QED) is 0.287. The maximum Gasteiger partial charge on any atom is 0 e. The summed E-state index contributed by atoms with van der Waals surface area (Å²) in [5.74, 6) is 0. The third kappa shape index (κ3) is 224. The molecular formula is C23H70Y-2. The first kappa shape index (κ1) is 118. The molecule has 0 aromatic heterocycles. The second-order valence-electron chi connectivity index (χ2n) is 3.12. The van der Waals surface area contributed by atoms with Gasteiger partial charge < -0.3 is 13.8 Å². The third-order valence-corrected chi connectivity index (χ3v) is 1.71. The molecule has 0 rings (SSSR count). The SMILES string of the molecule is C.C.C.C.C.C.C.C.C.C.C.[CH2-]CCC.[CH2-]CCCCCCC.[Y]. The van der Waals surface area contributed by atoms with Crippen LogP contribution in [0, 0.1) is 13.8 Å².